The Labute approximate surface area is 192 Å². The van der Waals surface area contributed by atoms with Crippen LogP contribution in [0.5, 0.6) is 11.5 Å². The van der Waals surface area contributed by atoms with E-state index >= 15 is 0 Å². The quantitative estimate of drug-likeness (QED) is 0.559. The van der Waals surface area contributed by atoms with Crippen LogP contribution in [0.2, 0.25) is 0 Å². The SMILES string of the molecule is COc1cc(/C=C2\SC(=O)N(CC(=O)Nc3ccc(F)cc3)C2=O)ccc1OC(C)C(=O)O. The summed E-state index contributed by atoms with van der Waals surface area (Å²) in [6, 6.07) is 9.65. The van der Waals surface area contributed by atoms with Crippen molar-refractivity contribution < 1.29 is 38.1 Å². The second kappa shape index (κ2) is 10.2. The minimum atomic E-state index is -1.14. The number of aliphatic carboxylic acids is 1. The maximum absolute atomic E-state index is 13.0. The molecule has 0 aliphatic carbocycles. The van der Waals surface area contributed by atoms with Gasteiger partial charge in [-0.3, -0.25) is 19.3 Å². The molecular formula is C22H19FN2O7S. The Kier molecular flexibility index (Phi) is 7.34. The van der Waals surface area contributed by atoms with Gasteiger partial charge >= 0.3 is 5.97 Å². The highest BCUT2D eigenvalue weighted by atomic mass is 32.2. The number of ether oxygens (including phenoxy) is 2. The molecule has 0 spiro atoms. The van der Waals surface area contributed by atoms with Crippen LogP contribution in [0.25, 0.3) is 6.08 Å². The van der Waals surface area contributed by atoms with Crippen molar-refractivity contribution in [3.05, 3.63) is 58.8 Å². The first-order chi connectivity index (χ1) is 15.7. The molecule has 172 valence electrons. The van der Waals surface area contributed by atoms with Crippen LogP contribution in [-0.4, -0.2) is 52.8 Å². The van der Waals surface area contributed by atoms with Gasteiger partial charge in [-0.05, 0) is 66.7 Å². The highest BCUT2D eigenvalue weighted by Crippen LogP contribution is 2.34. The summed E-state index contributed by atoms with van der Waals surface area (Å²) in [5.74, 6) is -2.40. The lowest BCUT2D eigenvalue weighted by molar-refractivity contribution is -0.144. The van der Waals surface area contributed by atoms with E-state index in [1.807, 2.05) is 0 Å². The Morgan fingerprint density at radius 1 is 1.18 bits per heavy atom. The molecule has 2 N–H and O–H groups in total. The second-order valence-electron chi connectivity index (χ2n) is 6.83. The number of amides is 3. The highest BCUT2D eigenvalue weighted by Gasteiger charge is 2.36. The number of carbonyl (C=O) groups is 4. The van der Waals surface area contributed by atoms with Crippen molar-refractivity contribution in [2.45, 2.75) is 13.0 Å². The number of hydrogen-bond acceptors (Lipinski definition) is 7. The van der Waals surface area contributed by atoms with E-state index in [0.29, 0.717) is 23.0 Å². The van der Waals surface area contributed by atoms with Crippen molar-refractivity contribution in [3.63, 3.8) is 0 Å². The minimum absolute atomic E-state index is 0.101. The van der Waals surface area contributed by atoms with Crippen molar-refractivity contribution in [1.82, 2.24) is 4.90 Å². The largest absolute Gasteiger partial charge is 0.493 e. The molecule has 2 aromatic carbocycles. The Balaban J connectivity index is 1.71. The van der Waals surface area contributed by atoms with E-state index in [1.165, 1.54) is 56.5 Å². The molecule has 0 radical (unpaired) electrons. The maximum Gasteiger partial charge on any atom is 0.344 e. The summed E-state index contributed by atoms with van der Waals surface area (Å²) < 4.78 is 23.5. The van der Waals surface area contributed by atoms with E-state index in [9.17, 15) is 23.6 Å². The van der Waals surface area contributed by atoms with Crippen LogP contribution in [-0.2, 0) is 14.4 Å². The van der Waals surface area contributed by atoms with E-state index in [1.54, 1.807) is 6.07 Å². The number of methoxy groups -OCH3 is 1. The van der Waals surface area contributed by atoms with Gasteiger partial charge in [-0.25, -0.2) is 9.18 Å². The number of nitrogens with zero attached hydrogens (tertiary/aromatic N) is 1. The maximum atomic E-state index is 13.0. The van der Waals surface area contributed by atoms with Gasteiger partial charge < -0.3 is 19.9 Å². The van der Waals surface area contributed by atoms with Gasteiger partial charge in [-0.2, -0.15) is 0 Å². The number of imide groups is 1. The average Bonchev–Trinajstić information content (AvgIpc) is 3.03. The number of nitrogens with one attached hydrogen (secondary N) is 1. The fourth-order valence-corrected chi connectivity index (χ4v) is 3.62. The monoisotopic (exact) mass is 474 g/mol. The zero-order valence-electron chi connectivity index (χ0n) is 17.5. The third-order valence-corrected chi connectivity index (χ3v) is 5.35. The molecule has 0 saturated carbocycles. The molecule has 1 atom stereocenters. The van der Waals surface area contributed by atoms with Gasteiger partial charge in [0.15, 0.2) is 17.6 Å². The molecule has 1 aliphatic heterocycles. The van der Waals surface area contributed by atoms with E-state index in [4.69, 9.17) is 14.6 Å². The summed E-state index contributed by atoms with van der Waals surface area (Å²) >= 11 is 0.678. The summed E-state index contributed by atoms with van der Waals surface area (Å²) in [6.07, 6.45) is 0.359. The number of rotatable bonds is 8. The lowest BCUT2D eigenvalue weighted by Gasteiger charge is -2.14. The van der Waals surface area contributed by atoms with Crippen LogP contribution in [0, 0.1) is 5.82 Å². The topological polar surface area (TPSA) is 122 Å². The number of carbonyl (C=O) groups excluding carboxylic acids is 3. The summed E-state index contributed by atoms with van der Waals surface area (Å²) in [4.78, 5) is 49.1. The Morgan fingerprint density at radius 3 is 2.52 bits per heavy atom. The average molecular weight is 474 g/mol. The molecule has 2 aromatic rings. The number of thioether (sulfide) groups is 1. The molecule has 1 saturated heterocycles. The molecular weight excluding hydrogens is 455 g/mol. The fourth-order valence-electron chi connectivity index (χ4n) is 2.78. The lowest BCUT2D eigenvalue weighted by atomic mass is 10.2. The van der Waals surface area contributed by atoms with E-state index < -0.39 is 41.5 Å². The fraction of sp³-hybridized carbons (Fsp3) is 0.182. The minimum Gasteiger partial charge on any atom is -0.493 e. The van der Waals surface area contributed by atoms with Gasteiger partial charge in [0, 0.05) is 5.69 Å². The van der Waals surface area contributed by atoms with Crippen molar-refractivity contribution in [2.24, 2.45) is 0 Å². The predicted molar refractivity (Wildman–Crippen MR) is 118 cm³/mol. The van der Waals surface area contributed by atoms with Crippen LogP contribution in [0.1, 0.15) is 12.5 Å². The third-order valence-electron chi connectivity index (χ3n) is 4.44. The van der Waals surface area contributed by atoms with Crippen LogP contribution in [0.4, 0.5) is 14.9 Å². The zero-order valence-corrected chi connectivity index (χ0v) is 18.3. The molecule has 1 unspecified atom stereocenters. The number of benzene rings is 2. The lowest BCUT2D eigenvalue weighted by Crippen LogP contribution is -2.36. The molecule has 33 heavy (non-hydrogen) atoms. The second-order valence-corrected chi connectivity index (χ2v) is 7.82. The molecule has 3 amide bonds. The first-order valence-electron chi connectivity index (χ1n) is 9.56. The van der Waals surface area contributed by atoms with Gasteiger partial charge in [-0.15, -0.1) is 0 Å². The van der Waals surface area contributed by atoms with Crippen LogP contribution in [0.3, 0.4) is 0 Å². The number of carboxylic acid groups (broad SMARTS) is 1. The standard InChI is InChI=1S/C22H19FN2O7S/c1-12(21(28)29)32-16-8-3-13(9-17(16)31-2)10-18-20(27)25(22(30)33-18)11-19(26)24-15-6-4-14(23)5-7-15/h3-10,12H,11H2,1-2H3,(H,24,26)(H,28,29)/b18-10-. The summed E-state index contributed by atoms with van der Waals surface area (Å²) in [6.45, 7) is 0.875. The van der Waals surface area contributed by atoms with E-state index in [2.05, 4.69) is 5.32 Å². The Morgan fingerprint density at radius 2 is 1.88 bits per heavy atom. The van der Waals surface area contributed by atoms with Crippen molar-refractivity contribution in [2.75, 3.05) is 19.0 Å². The van der Waals surface area contributed by atoms with Gasteiger partial charge in [0.2, 0.25) is 5.91 Å². The molecule has 0 aromatic heterocycles. The molecule has 1 fully saturated rings. The van der Waals surface area contributed by atoms with Crippen LogP contribution < -0.4 is 14.8 Å². The third kappa shape index (κ3) is 5.89. The smallest absolute Gasteiger partial charge is 0.344 e. The molecule has 1 heterocycles. The van der Waals surface area contributed by atoms with Crippen LogP contribution >= 0.6 is 11.8 Å². The van der Waals surface area contributed by atoms with Gasteiger partial charge in [0.25, 0.3) is 11.1 Å². The molecule has 1 aliphatic rings. The normalized spacial score (nSPS) is 15.5. The number of halogens is 1. The van der Waals surface area contributed by atoms with Crippen LogP contribution in [0.15, 0.2) is 47.4 Å². The molecule has 9 nitrogen and oxygen atoms in total. The number of hydrogen-bond donors (Lipinski definition) is 2. The predicted octanol–water partition coefficient (Wildman–Crippen LogP) is 3.36. The molecule has 3 rings (SSSR count). The van der Waals surface area contributed by atoms with Crippen molar-refractivity contribution in [3.8, 4) is 11.5 Å². The molecule has 11 heteroatoms. The number of anilines is 1. The van der Waals surface area contributed by atoms with E-state index in [0.717, 1.165) is 4.90 Å². The van der Waals surface area contributed by atoms with Gasteiger partial charge in [0.05, 0.1) is 12.0 Å². The highest BCUT2D eigenvalue weighted by molar-refractivity contribution is 8.18. The Bertz CT molecular complexity index is 1130. The van der Waals surface area contributed by atoms with Crippen molar-refractivity contribution in [1.29, 1.82) is 0 Å². The zero-order chi connectivity index (χ0) is 24.1. The molecule has 0 bridgehead atoms. The first kappa shape index (κ1) is 23.8. The van der Waals surface area contributed by atoms with Gasteiger partial charge in [0.1, 0.15) is 12.4 Å². The summed E-state index contributed by atoms with van der Waals surface area (Å²) in [7, 11) is 1.38. The summed E-state index contributed by atoms with van der Waals surface area (Å²) in [5.41, 5.74) is 0.832. The Hall–Kier alpha value is -3.86. The number of carboxylic acids is 1. The first-order valence-corrected chi connectivity index (χ1v) is 10.4. The van der Waals surface area contributed by atoms with E-state index in [-0.39, 0.29) is 16.4 Å². The van der Waals surface area contributed by atoms with Crippen molar-refractivity contribution >= 4 is 46.5 Å². The van der Waals surface area contributed by atoms with Gasteiger partial charge in [-0.1, -0.05) is 6.07 Å². The summed E-state index contributed by atoms with van der Waals surface area (Å²) in [5, 5.41) is 10.9.